The first-order valence-corrected chi connectivity index (χ1v) is 9.92. The van der Waals surface area contributed by atoms with E-state index in [1.807, 2.05) is 33.0 Å². The number of unbranched alkanes of at least 4 members (excludes halogenated alkanes) is 3. The van der Waals surface area contributed by atoms with Crippen LogP contribution in [0.25, 0.3) is 0 Å². The van der Waals surface area contributed by atoms with Crippen LogP contribution in [-0.4, -0.2) is 29.5 Å². The Morgan fingerprint density at radius 2 is 1.79 bits per heavy atom. The van der Waals surface area contributed by atoms with Crippen LogP contribution >= 0.6 is 0 Å². The average molecular weight is 385 g/mol. The highest BCUT2D eigenvalue weighted by molar-refractivity contribution is 5.79. The summed E-state index contributed by atoms with van der Waals surface area (Å²) in [7, 11) is 1.81. The lowest BCUT2D eigenvalue weighted by Crippen LogP contribution is -2.29. The summed E-state index contributed by atoms with van der Waals surface area (Å²) < 4.78 is 6.03. The summed E-state index contributed by atoms with van der Waals surface area (Å²) in [5.41, 5.74) is 9.01. The zero-order valence-electron chi connectivity index (χ0n) is 17.4. The molecule has 0 aliphatic heterocycles. The molecule has 1 amide bonds. The van der Waals surface area contributed by atoms with Gasteiger partial charge in [-0.05, 0) is 61.7 Å². The van der Waals surface area contributed by atoms with Gasteiger partial charge in [0.1, 0.15) is 17.2 Å². The first-order chi connectivity index (χ1) is 13.3. The smallest absolute Gasteiger partial charge is 0.226 e. The van der Waals surface area contributed by atoms with Gasteiger partial charge in [0, 0.05) is 24.8 Å². The molecule has 0 fully saturated rings. The van der Waals surface area contributed by atoms with Gasteiger partial charge in [0.25, 0.3) is 0 Å². The number of likely N-dealkylation sites (N-methyl/N-ethyl adjacent to an activating group) is 1. The van der Waals surface area contributed by atoms with E-state index in [4.69, 9.17) is 10.5 Å². The minimum absolute atomic E-state index is 0.0104. The fourth-order valence-electron chi connectivity index (χ4n) is 3.23. The van der Waals surface area contributed by atoms with Crippen molar-refractivity contribution in [2.45, 2.75) is 52.9 Å². The molecular formula is C23H32N2O3. The second-order valence-corrected chi connectivity index (χ2v) is 7.43. The highest BCUT2D eigenvalue weighted by atomic mass is 16.5. The van der Waals surface area contributed by atoms with Gasteiger partial charge in [-0.25, -0.2) is 0 Å². The molecule has 0 aromatic heterocycles. The van der Waals surface area contributed by atoms with E-state index in [0.717, 1.165) is 36.3 Å². The molecule has 0 saturated carbocycles. The number of hydrogen-bond acceptors (Lipinski definition) is 4. The number of nitrogens with zero attached hydrogens (tertiary/aromatic N) is 1. The second kappa shape index (κ2) is 10.0. The predicted octanol–water partition coefficient (Wildman–Crippen LogP) is 4.96. The van der Waals surface area contributed by atoms with Gasteiger partial charge in [0.2, 0.25) is 5.91 Å². The van der Waals surface area contributed by atoms with Gasteiger partial charge < -0.3 is 20.5 Å². The molecule has 0 atom stereocenters. The summed E-state index contributed by atoms with van der Waals surface area (Å²) in [6.45, 7) is 6.79. The Balaban J connectivity index is 2.08. The number of amides is 1. The fourth-order valence-corrected chi connectivity index (χ4v) is 3.23. The Hall–Kier alpha value is -2.69. The maximum Gasteiger partial charge on any atom is 0.226 e. The summed E-state index contributed by atoms with van der Waals surface area (Å²) in [5.74, 6) is 1.42. The number of hydrogen-bond donors (Lipinski definition) is 2. The van der Waals surface area contributed by atoms with Crippen molar-refractivity contribution in [3.8, 4) is 17.2 Å². The third-order valence-corrected chi connectivity index (χ3v) is 4.87. The molecule has 5 nitrogen and oxygen atoms in total. The molecule has 0 unspecified atom stereocenters. The summed E-state index contributed by atoms with van der Waals surface area (Å²) in [4.78, 5) is 14.2. The quantitative estimate of drug-likeness (QED) is 0.473. The van der Waals surface area contributed by atoms with Crippen molar-refractivity contribution in [2.75, 3.05) is 19.3 Å². The Morgan fingerprint density at radius 3 is 2.43 bits per heavy atom. The van der Waals surface area contributed by atoms with Crippen LogP contribution in [0.5, 0.6) is 17.2 Å². The number of phenolic OH excluding ortho intramolecular Hbond substituents is 1. The molecule has 2 aromatic carbocycles. The van der Waals surface area contributed by atoms with E-state index < -0.39 is 0 Å². The molecule has 5 heteroatoms. The second-order valence-electron chi connectivity index (χ2n) is 7.43. The number of aryl methyl sites for hydroxylation is 2. The first kappa shape index (κ1) is 21.6. The molecule has 0 bridgehead atoms. The van der Waals surface area contributed by atoms with Crippen molar-refractivity contribution in [1.82, 2.24) is 4.90 Å². The summed E-state index contributed by atoms with van der Waals surface area (Å²) in [6.07, 6.45) is 4.63. The Kier molecular flexibility index (Phi) is 7.73. The van der Waals surface area contributed by atoms with Crippen molar-refractivity contribution in [3.63, 3.8) is 0 Å². The van der Waals surface area contributed by atoms with Gasteiger partial charge in [-0.1, -0.05) is 26.2 Å². The number of ether oxygens (including phenoxy) is 1. The number of aromatic hydroxyl groups is 1. The molecule has 0 spiro atoms. The van der Waals surface area contributed by atoms with Crippen LogP contribution < -0.4 is 10.5 Å². The molecule has 0 aliphatic carbocycles. The van der Waals surface area contributed by atoms with Crippen LogP contribution in [0.15, 0.2) is 30.3 Å². The molecule has 0 aliphatic rings. The lowest BCUT2D eigenvalue weighted by atomic mass is 10.1. The van der Waals surface area contributed by atoms with E-state index in [1.54, 1.807) is 23.1 Å². The standard InChI is InChI=1S/C23H32N2O3/c1-5-6-7-8-11-25(4)22(27)15-18-14-20(9-10-21(18)26)28-23-16(2)12-19(24)13-17(23)3/h9-10,12-14,26H,5-8,11,15,24H2,1-4H3. The lowest BCUT2D eigenvalue weighted by molar-refractivity contribution is -0.129. The normalized spacial score (nSPS) is 10.7. The van der Waals surface area contributed by atoms with Crippen LogP contribution in [0.2, 0.25) is 0 Å². The summed E-state index contributed by atoms with van der Waals surface area (Å²) in [6, 6.07) is 8.73. The van der Waals surface area contributed by atoms with Gasteiger partial charge in [0.05, 0.1) is 6.42 Å². The Labute approximate surface area is 168 Å². The summed E-state index contributed by atoms with van der Waals surface area (Å²) >= 11 is 0. The molecule has 3 N–H and O–H groups in total. The third kappa shape index (κ3) is 5.91. The van der Waals surface area contributed by atoms with Gasteiger partial charge >= 0.3 is 0 Å². The van der Waals surface area contributed by atoms with Crippen molar-refractivity contribution in [3.05, 3.63) is 47.0 Å². The van der Waals surface area contributed by atoms with Gasteiger partial charge in [-0.2, -0.15) is 0 Å². The predicted molar refractivity (Wildman–Crippen MR) is 114 cm³/mol. The van der Waals surface area contributed by atoms with Crippen molar-refractivity contribution < 1.29 is 14.6 Å². The van der Waals surface area contributed by atoms with Crippen LogP contribution in [0, 0.1) is 13.8 Å². The Bertz CT molecular complexity index is 794. The average Bonchev–Trinajstić information content (AvgIpc) is 2.64. The monoisotopic (exact) mass is 384 g/mol. The van der Waals surface area contributed by atoms with Crippen LogP contribution in [0.1, 0.15) is 49.3 Å². The number of anilines is 1. The van der Waals surface area contributed by atoms with Crippen LogP contribution in [0.4, 0.5) is 5.69 Å². The molecule has 2 rings (SSSR count). The van der Waals surface area contributed by atoms with E-state index in [9.17, 15) is 9.90 Å². The number of carbonyl (C=O) groups is 1. The number of rotatable bonds is 9. The zero-order valence-corrected chi connectivity index (χ0v) is 17.4. The van der Waals surface area contributed by atoms with Crippen molar-refractivity contribution in [1.29, 1.82) is 0 Å². The number of carbonyl (C=O) groups excluding carboxylic acids is 1. The van der Waals surface area contributed by atoms with Gasteiger partial charge in [-0.3, -0.25) is 4.79 Å². The number of nitrogen functional groups attached to an aromatic ring is 1. The molecule has 2 aromatic rings. The third-order valence-electron chi connectivity index (χ3n) is 4.87. The molecule has 0 radical (unpaired) electrons. The topological polar surface area (TPSA) is 75.8 Å². The highest BCUT2D eigenvalue weighted by Gasteiger charge is 2.14. The first-order valence-electron chi connectivity index (χ1n) is 9.92. The van der Waals surface area contributed by atoms with Crippen molar-refractivity contribution in [2.24, 2.45) is 0 Å². The number of nitrogens with two attached hydrogens (primary N) is 1. The van der Waals surface area contributed by atoms with Crippen LogP contribution in [-0.2, 0) is 11.2 Å². The Morgan fingerprint density at radius 1 is 1.11 bits per heavy atom. The maximum atomic E-state index is 12.5. The minimum atomic E-state index is -0.0104. The molecule has 0 saturated heterocycles. The van der Waals surface area contributed by atoms with E-state index in [1.165, 1.54) is 12.8 Å². The van der Waals surface area contributed by atoms with Crippen molar-refractivity contribution >= 4 is 11.6 Å². The molecule has 152 valence electrons. The van der Waals surface area contributed by atoms with E-state index in [-0.39, 0.29) is 18.1 Å². The lowest BCUT2D eigenvalue weighted by Gasteiger charge is -2.18. The summed E-state index contributed by atoms with van der Waals surface area (Å²) in [5, 5.41) is 10.2. The van der Waals surface area contributed by atoms with Gasteiger partial charge in [0.15, 0.2) is 0 Å². The van der Waals surface area contributed by atoms with E-state index >= 15 is 0 Å². The molecule has 0 heterocycles. The fraction of sp³-hybridized carbons (Fsp3) is 0.435. The van der Waals surface area contributed by atoms with E-state index in [2.05, 4.69) is 6.92 Å². The van der Waals surface area contributed by atoms with Gasteiger partial charge in [-0.15, -0.1) is 0 Å². The number of phenols is 1. The zero-order chi connectivity index (χ0) is 20.7. The maximum absolute atomic E-state index is 12.5. The largest absolute Gasteiger partial charge is 0.508 e. The van der Waals surface area contributed by atoms with Crippen LogP contribution in [0.3, 0.4) is 0 Å². The number of benzene rings is 2. The highest BCUT2D eigenvalue weighted by Crippen LogP contribution is 2.33. The minimum Gasteiger partial charge on any atom is -0.508 e. The molecule has 28 heavy (non-hydrogen) atoms. The SMILES string of the molecule is CCCCCCN(C)C(=O)Cc1cc(Oc2c(C)cc(N)cc2C)ccc1O. The molecular weight excluding hydrogens is 352 g/mol. The van der Waals surface area contributed by atoms with E-state index in [0.29, 0.717) is 17.0 Å².